The molecule has 2 amide bonds. The number of rotatable bonds is 16. The fourth-order valence-corrected chi connectivity index (χ4v) is 6.27. The molecule has 3 atom stereocenters. The Balaban J connectivity index is 1.65. The number of nitrogens with one attached hydrogen (secondary N) is 3. The standard InChI is InChI=1S/C36H41N3O8S/c1-23(2)20-30(34(41)33-6-5-19-47-33)37-35(42)31(21-25-9-13-27(40)14-10-25)38-36(43)32(22-26-11-15-28(46-4)16-12-26)39-48(44,45)29-17-7-24(3)8-18-29/h5-19,23,30-32,39-40H,20-22H2,1-4H3,(H,37,42)(H,38,43)/t30-,31-,32-/m0/s1. The summed E-state index contributed by atoms with van der Waals surface area (Å²) in [7, 11) is -2.64. The largest absolute Gasteiger partial charge is 0.508 e. The Kier molecular flexibility index (Phi) is 12.2. The SMILES string of the molecule is COc1ccc(C[C@H](NS(=O)(=O)c2ccc(C)cc2)C(=O)N[C@@H](Cc2ccc(O)cc2)C(=O)N[C@@H](CC(C)C)C(=O)c2ccco2)cc1. The van der Waals surface area contributed by atoms with Crippen molar-refractivity contribution < 1.29 is 37.1 Å². The number of ketones is 1. The highest BCUT2D eigenvalue weighted by molar-refractivity contribution is 7.89. The molecule has 3 aromatic carbocycles. The molecule has 1 heterocycles. The summed E-state index contributed by atoms with van der Waals surface area (Å²) < 4.78 is 40.0. The summed E-state index contributed by atoms with van der Waals surface area (Å²) in [4.78, 5) is 41.2. The van der Waals surface area contributed by atoms with Crippen molar-refractivity contribution in [2.75, 3.05) is 7.11 Å². The Morgan fingerprint density at radius 2 is 1.35 bits per heavy atom. The van der Waals surface area contributed by atoms with Gasteiger partial charge in [0.1, 0.15) is 23.6 Å². The Hall–Kier alpha value is -4.94. The van der Waals surface area contributed by atoms with E-state index < -0.39 is 45.7 Å². The number of carbonyl (C=O) groups excluding carboxylic acids is 3. The first-order valence-corrected chi connectivity index (χ1v) is 17.0. The maximum atomic E-state index is 14.0. The smallest absolute Gasteiger partial charge is 0.243 e. The average Bonchev–Trinajstić information content (AvgIpc) is 3.60. The molecule has 0 unspecified atom stereocenters. The maximum absolute atomic E-state index is 14.0. The molecule has 0 aliphatic heterocycles. The monoisotopic (exact) mass is 675 g/mol. The second-order valence-corrected chi connectivity index (χ2v) is 13.7. The third-order valence-corrected chi connectivity index (χ3v) is 9.14. The van der Waals surface area contributed by atoms with Crippen molar-refractivity contribution in [1.82, 2.24) is 15.4 Å². The number of hydrogen-bond acceptors (Lipinski definition) is 8. The highest BCUT2D eigenvalue weighted by atomic mass is 32.2. The van der Waals surface area contributed by atoms with Crippen LogP contribution in [0.3, 0.4) is 0 Å². The molecular weight excluding hydrogens is 634 g/mol. The molecule has 4 aromatic rings. The molecule has 0 radical (unpaired) electrons. The van der Waals surface area contributed by atoms with E-state index in [1.165, 1.54) is 43.7 Å². The first kappa shape index (κ1) is 35.9. The van der Waals surface area contributed by atoms with Crippen LogP contribution in [0.15, 0.2) is 101 Å². The average molecular weight is 676 g/mol. The lowest BCUT2D eigenvalue weighted by molar-refractivity contribution is -0.130. The van der Waals surface area contributed by atoms with E-state index in [4.69, 9.17) is 9.15 Å². The van der Waals surface area contributed by atoms with E-state index in [0.29, 0.717) is 23.3 Å². The minimum atomic E-state index is -4.16. The summed E-state index contributed by atoms with van der Waals surface area (Å²) in [5, 5.41) is 15.3. The van der Waals surface area contributed by atoms with Gasteiger partial charge in [-0.3, -0.25) is 14.4 Å². The van der Waals surface area contributed by atoms with Crippen molar-refractivity contribution in [3.63, 3.8) is 0 Å². The summed E-state index contributed by atoms with van der Waals surface area (Å²) in [5.74, 6) is -1.08. The zero-order chi connectivity index (χ0) is 34.8. The van der Waals surface area contributed by atoms with Crippen LogP contribution in [0.25, 0.3) is 0 Å². The number of hydrogen-bond donors (Lipinski definition) is 4. The van der Waals surface area contributed by atoms with Crippen molar-refractivity contribution in [3.05, 3.63) is 114 Å². The van der Waals surface area contributed by atoms with E-state index in [1.807, 2.05) is 20.8 Å². The number of aromatic hydroxyl groups is 1. The summed E-state index contributed by atoms with van der Waals surface area (Å²) in [5.41, 5.74) is 2.12. The second-order valence-electron chi connectivity index (χ2n) is 12.0. The lowest BCUT2D eigenvalue weighted by Crippen LogP contribution is -2.57. The van der Waals surface area contributed by atoms with Crippen molar-refractivity contribution in [3.8, 4) is 11.5 Å². The van der Waals surface area contributed by atoms with Gasteiger partial charge in [0, 0.05) is 6.42 Å². The number of ether oxygens (including phenoxy) is 1. The highest BCUT2D eigenvalue weighted by Crippen LogP contribution is 2.18. The zero-order valence-electron chi connectivity index (χ0n) is 27.3. The van der Waals surface area contributed by atoms with Crippen molar-refractivity contribution >= 4 is 27.6 Å². The van der Waals surface area contributed by atoms with Gasteiger partial charge in [0.05, 0.1) is 24.3 Å². The van der Waals surface area contributed by atoms with Gasteiger partial charge >= 0.3 is 0 Å². The van der Waals surface area contributed by atoms with Crippen LogP contribution in [0.5, 0.6) is 11.5 Å². The molecule has 4 rings (SSSR count). The zero-order valence-corrected chi connectivity index (χ0v) is 28.1. The normalized spacial score (nSPS) is 13.4. The van der Waals surface area contributed by atoms with E-state index in [1.54, 1.807) is 54.6 Å². The molecule has 11 nitrogen and oxygen atoms in total. The molecule has 4 N–H and O–H groups in total. The number of amides is 2. The van der Waals surface area contributed by atoms with Crippen molar-refractivity contribution in [1.29, 1.82) is 0 Å². The van der Waals surface area contributed by atoms with E-state index >= 15 is 0 Å². The third kappa shape index (κ3) is 10.0. The van der Waals surface area contributed by atoms with Crippen LogP contribution in [-0.4, -0.2) is 56.4 Å². The molecule has 254 valence electrons. The Morgan fingerprint density at radius 3 is 1.92 bits per heavy atom. The van der Waals surface area contributed by atoms with E-state index in [0.717, 1.165) is 5.56 Å². The van der Waals surface area contributed by atoms with Crippen molar-refractivity contribution in [2.45, 2.75) is 63.1 Å². The van der Waals surface area contributed by atoms with Crippen LogP contribution in [0, 0.1) is 12.8 Å². The minimum Gasteiger partial charge on any atom is -0.508 e. The number of furan rings is 1. The van der Waals surface area contributed by atoms with Crippen LogP contribution in [0.2, 0.25) is 0 Å². The summed E-state index contributed by atoms with van der Waals surface area (Å²) in [6, 6.07) is 18.8. The van der Waals surface area contributed by atoms with Crippen LogP contribution in [0.4, 0.5) is 0 Å². The molecule has 12 heteroatoms. The number of methoxy groups -OCH3 is 1. The van der Waals surface area contributed by atoms with Gasteiger partial charge in [-0.25, -0.2) is 8.42 Å². The molecular formula is C36H41N3O8S. The van der Waals surface area contributed by atoms with E-state index in [-0.39, 0.29) is 35.2 Å². The Morgan fingerprint density at radius 1 is 0.792 bits per heavy atom. The minimum absolute atomic E-state index is 0.0127. The lowest BCUT2D eigenvalue weighted by atomic mass is 9.97. The molecule has 1 aromatic heterocycles. The number of benzene rings is 3. The van der Waals surface area contributed by atoms with Gasteiger partial charge in [0.15, 0.2) is 5.76 Å². The van der Waals surface area contributed by atoms with Gasteiger partial charge in [-0.2, -0.15) is 4.72 Å². The van der Waals surface area contributed by atoms with Crippen LogP contribution in [-0.2, 0) is 32.5 Å². The van der Waals surface area contributed by atoms with Crippen LogP contribution in [0.1, 0.15) is 47.5 Å². The van der Waals surface area contributed by atoms with E-state index in [9.17, 15) is 27.9 Å². The summed E-state index contributed by atoms with van der Waals surface area (Å²) in [6.45, 7) is 5.65. The number of sulfonamides is 1. The molecule has 0 aliphatic rings. The fourth-order valence-electron chi connectivity index (χ4n) is 5.07. The molecule has 0 aliphatic carbocycles. The second kappa shape index (κ2) is 16.2. The number of Topliss-reactive ketones (excluding diaryl/α,β-unsaturated/α-hetero) is 1. The predicted molar refractivity (Wildman–Crippen MR) is 180 cm³/mol. The quantitative estimate of drug-likeness (QED) is 0.128. The number of phenols is 1. The van der Waals surface area contributed by atoms with Gasteiger partial charge in [-0.05, 0) is 85.3 Å². The molecule has 0 saturated heterocycles. The van der Waals surface area contributed by atoms with Gasteiger partial charge in [-0.1, -0.05) is 55.8 Å². The van der Waals surface area contributed by atoms with Crippen LogP contribution < -0.4 is 20.1 Å². The lowest BCUT2D eigenvalue weighted by Gasteiger charge is -2.26. The third-order valence-electron chi connectivity index (χ3n) is 7.66. The topological polar surface area (TPSA) is 164 Å². The van der Waals surface area contributed by atoms with Gasteiger partial charge in [0.25, 0.3) is 0 Å². The molecule has 48 heavy (non-hydrogen) atoms. The fraction of sp³-hybridized carbons (Fsp3) is 0.306. The summed E-state index contributed by atoms with van der Waals surface area (Å²) in [6.07, 6.45) is 1.63. The number of phenolic OH excluding ortho intramolecular Hbond substituents is 1. The molecule has 0 fully saturated rings. The predicted octanol–water partition coefficient (Wildman–Crippen LogP) is 4.33. The van der Waals surface area contributed by atoms with Gasteiger partial charge in [-0.15, -0.1) is 0 Å². The number of carbonyl (C=O) groups is 3. The Labute approximate surface area is 280 Å². The van der Waals surface area contributed by atoms with E-state index in [2.05, 4.69) is 15.4 Å². The highest BCUT2D eigenvalue weighted by Gasteiger charge is 2.32. The van der Waals surface area contributed by atoms with Crippen molar-refractivity contribution in [2.24, 2.45) is 5.92 Å². The summed E-state index contributed by atoms with van der Waals surface area (Å²) >= 11 is 0. The first-order valence-electron chi connectivity index (χ1n) is 15.5. The molecule has 0 spiro atoms. The number of aryl methyl sites for hydroxylation is 1. The first-order chi connectivity index (χ1) is 22.8. The molecule has 0 bridgehead atoms. The van der Waals surface area contributed by atoms with Crippen LogP contribution >= 0.6 is 0 Å². The molecule has 0 saturated carbocycles. The van der Waals surface area contributed by atoms with Gasteiger partial charge < -0.3 is 24.9 Å². The Bertz CT molecular complexity index is 1770. The maximum Gasteiger partial charge on any atom is 0.243 e. The van der Waals surface area contributed by atoms with Gasteiger partial charge in [0.2, 0.25) is 27.6 Å².